The second-order valence-corrected chi connectivity index (χ2v) is 5.38. The molecule has 118 valence electrons. The van der Waals surface area contributed by atoms with Crippen LogP contribution >= 0.6 is 0 Å². The summed E-state index contributed by atoms with van der Waals surface area (Å²) in [4.78, 5) is 23.4. The van der Waals surface area contributed by atoms with Gasteiger partial charge in [-0.3, -0.25) is 4.79 Å². The van der Waals surface area contributed by atoms with Crippen molar-refractivity contribution in [1.29, 1.82) is 0 Å². The van der Waals surface area contributed by atoms with Gasteiger partial charge in [-0.1, -0.05) is 12.1 Å². The first-order chi connectivity index (χ1) is 11.8. The predicted molar refractivity (Wildman–Crippen MR) is 89.6 cm³/mol. The molecule has 0 saturated heterocycles. The van der Waals surface area contributed by atoms with Crippen LogP contribution in [0.4, 0.5) is 5.69 Å². The molecule has 4 rings (SSSR count). The number of hydrogen-bond acceptors (Lipinski definition) is 4. The molecule has 1 amide bonds. The molecular weight excluding hydrogens is 304 g/mol. The molecule has 0 atom stereocenters. The third-order valence-corrected chi connectivity index (χ3v) is 3.71. The summed E-state index contributed by atoms with van der Waals surface area (Å²) in [5, 5.41) is 6.96. The first-order valence-electron chi connectivity index (χ1n) is 7.44. The van der Waals surface area contributed by atoms with Crippen LogP contribution in [0.5, 0.6) is 0 Å². The number of aromatic amines is 1. The molecule has 7 nitrogen and oxygen atoms in total. The summed E-state index contributed by atoms with van der Waals surface area (Å²) in [5.74, 6) is -0.157. The molecule has 2 aromatic heterocycles. The van der Waals surface area contributed by atoms with Crippen LogP contribution in [-0.4, -0.2) is 30.6 Å². The Morgan fingerprint density at radius 3 is 2.83 bits per heavy atom. The van der Waals surface area contributed by atoms with Crippen LogP contribution in [0.1, 0.15) is 15.9 Å². The van der Waals surface area contributed by atoms with Gasteiger partial charge in [0.05, 0.1) is 23.9 Å². The van der Waals surface area contributed by atoms with Crippen molar-refractivity contribution in [1.82, 2.24) is 24.7 Å². The van der Waals surface area contributed by atoms with E-state index in [0.29, 0.717) is 12.1 Å². The van der Waals surface area contributed by atoms with Crippen LogP contribution in [0.2, 0.25) is 0 Å². The first kappa shape index (κ1) is 14.1. The number of H-pyrrole nitrogens is 1. The molecule has 0 bridgehead atoms. The fourth-order valence-electron chi connectivity index (χ4n) is 2.48. The lowest BCUT2D eigenvalue weighted by Gasteiger charge is -2.07. The van der Waals surface area contributed by atoms with Crippen molar-refractivity contribution >= 4 is 22.6 Å². The number of fused-ring (bicyclic) bond motifs is 1. The Bertz CT molecular complexity index is 972. The van der Waals surface area contributed by atoms with Crippen molar-refractivity contribution in [2.75, 3.05) is 5.32 Å². The summed E-state index contributed by atoms with van der Waals surface area (Å²) in [6, 6.07) is 13.0. The van der Waals surface area contributed by atoms with Crippen LogP contribution in [-0.2, 0) is 6.54 Å². The van der Waals surface area contributed by atoms with Crippen molar-refractivity contribution in [2.45, 2.75) is 6.54 Å². The second-order valence-electron chi connectivity index (χ2n) is 5.38. The van der Waals surface area contributed by atoms with E-state index in [2.05, 4.69) is 25.4 Å². The summed E-state index contributed by atoms with van der Waals surface area (Å²) in [7, 11) is 0. The highest BCUT2D eigenvalue weighted by Gasteiger charge is 2.08. The zero-order chi connectivity index (χ0) is 16.4. The Morgan fingerprint density at radius 2 is 2.04 bits per heavy atom. The van der Waals surface area contributed by atoms with E-state index < -0.39 is 0 Å². The van der Waals surface area contributed by atoms with Gasteiger partial charge >= 0.3 is 0 Å². The maximum atomic E-state index is 12.4. The number of anilines is 1. The second kappa shape index (κ2) is 5.96. The van der Waals surface area contributed by atoms with E-state index in [1.807, 2.05) is 30.3 Å². The highest BCUT2D eigenvalue weighted by Crippen LogP contribution is 2.15. The van der Waals surface area contributed by atoms with E-state index in [1.54, 1.807) is 29.5 Å². The minimum absolute atomic E-state index is 0.157. The SMILES string of the molecule is O=C(Nc1ccc(Cn2cncn2)cc1)c1ccc2nc[nH]c2c1. The number of benzene rings is 2. The molecule has 0 aliphatic carbocycles. The summed E-state index contributed by atoms with van der Waals surface area (Å²) in [6.45, 7) is 0.644. The molecule has 7 heteroatoms. The molecule has 24 heavy (non-hydrogen) atoms. The van der Waals surface area contributed by atoms with Crippen molar-refractivity contribution in [3.63, 3.8) is 0 Å². The summed E-state index contributed by atoms with van der Waals surface area (Å²) in [6.07, 6.45) is 4.78. The Hall–Kier alpha value is -3.48. The van der Waals surface area contributed by atoms with Gasteiger partial charge in [-0.05, 0) is 35.9 Å². The van der Waals surface area contributed by atoms with E-state index in [4.69, 9.17) is 0 Å². The van der Waals surface area contributed by atoms with Crippen molar-refractivity contribution in [3.05, 3.63) is 72.6 Å². The third kappa shape index (κ3) is 2.87. The predicted octanol–water partition coefficient (Wildman–Crippen LogP) is 2.46. The van der Waals surface area contributed by atoms with Crippen molar-refractivity contribution < 1.29 is 4.79 Å². The van der Waals surface area contributed by atoms with Crippen LogP contribution < -0.4 is 5.32 Å². The number of carbonyl (C=O) groups excluding carboxylic acids is 1. The minimum Gasteiger partial charge on any atom is -0.345 e. The lowest BCUT2D eigenvalue weighted by Crippen LogP contribution is -2.11. The average molecular weight is 318 g/mol. The number of carbonyl (C=O) groups is 1. The highest BCUT2D eigenvalue weighted by atomic mass is 16.1. The molecule has 0 saturated carbocycles. The molecule has 2 heterocycles. The molecule has 2 N–H and O–H groups in total. The minimum atomic E-state index is -0.157. The fourth-order valence-corrected chi connectivity index (χ4v) is 2.48. The quantitative estimate of drug-likeness (QED) is 0.605. The van der Waals surface area contributed by atoms with Gasteiger partial charge in [-0.25, -0.2) is 14.6 Å². The van der Waals surface area contributed by atoms with Gasteiger partial charge in [-0.15, -0.1) is 0 Å². The molecule has 2 aromatic carbocycles. The van der Waals surface area contributed by atoms with Crippen LogP contribution in [0.15, 0.2) is 61.4 Å². The molecular formula is C17H14N6O. The number of imidazole rings is 1. The van der Waals surface area contributed by atoms with Crippen molar-refractivity contribution in [3.8, 4) is 0 Å². The van der Waals surface area contributed by atoms with Gasteiger partial charge in [0.25, 0.3) is 5.91 Å². The summed E-state index contributed by atoms with van der Waals surface area (Å²) >= 11 is 0. The Labute approximate surface area is 137 Å². The smallest absolute Gasteiger partial charge is 0.255 e. The maximum absolute atomic E-state index is 12.4. The topological polar surface area (TPSA) is 88.5 Å². The average Bonchev–Trinajstić information content (AvgIpc) is 3.27. The Morgan fingerprint density at radius 1 is 1.17 bits per heavy atom. The van der Waals surface area contributed by atoms with Gasteiger partial charge in [0, 0.05) is 11.3 Å². The van der Waals surface area contributed by atoms with Gasteiger partial charge in [0.2, 0.25) is 0 Å². The van der Waals surface area contributed by atoms with Crippen LogP contribution in [0.3, 0.4) is 0 Å². The zero-order valence-electron chi connectivity index (χ0n) is 12.7. The molecule has 0 aliphatic heterocycles. The number of nitrogens with one attached hydrogen (secondary N) is 2. The lowest BCUT2D eigenvalue weighted by atomic mass is 10.1. The molecule has 0 spiro atoms. The fraction of sp³-hybridized carbons (Fsp3) is 0.0588. The maximum Gasteiger partial charge on any atom is 0.255 e. The zero-order valence-corrected chi connectivity index (χ0v) is 12.7. The number of nitrogens with zero attached hydrogens (tertiary/aromatic N) is 4. The van der Waals surface area contributed by atoms with E-state index in [-0.39, 0.29) is 5.91 Å². The van der Waals surface area contributed by atoms with Gasteiger partial charge in [0.1, 0.15) is 12.7 Å². The lowest BCUT2D eigenvalue weighted by molar-refractivity contribution is 0.102. The summed E-state index contributed by atoms with van der Waals surface area (Å²) < 4.78 is 1.74. The summed E-state index contributed by atoms with van der Waals surface area (Å²) in [5.41, 5.74) is 4.08. The van der Waals surface area contributed by atoms with E-state index >= 15 is 0 Å². The number of aromatic nitrogens is 5. The standard InChI is InChI=1S/C17H14N6O/c24-17(13-3-6-15-16(7-13)20-10-19-15)22-14-4-1-12(2-5-14)8-23-11-18-9-21-23/h1-7,9-11H,8H2,(H,19,20)(H,22,24). The van der Waals surface area contributed by atoms with Crippen molar-refractivity contribution in [2.24, 2.45) is 0 Å². The molecule has 4 aromatic rings. The Kier molecular flexibility index (Phi) is 3.51. The highest BCUT2D eigenvalue weighted by molar-refractivity contribution is 6.05. The van der Waals surface area contributed by atoms with Gasteiger partial charge in [-0.2, -0.15) is 5.10 Å². The molecule has 0 aliphatic rings. The Balaban J connectivity index is 1.47. The monoisotopic (exact) mass is 318 g/mol. The number of hydrogen-bond donors (Lipinski definition) is 2. The largest absolute Gasteiger partial charge is 0.345 e. The number of rotatable bonds is 4. The molecule has 0 unspecified atom stereocenters. The van der Waals surface area contributed by atoms with Gasteiger partial charge in [0.15, 0.2) is 0 Å². The van der Waals surface area contributed by atoms with E-state index in [9.17, 15) is 4.79 Å². The van der Waals surface area contributed by atoms with Gasteiger partial charge < -0.3 is 10.3 Å². The third-order valence-electron chi connectivity index (χ3n) is 3.71. The first-order valence-corrected chi connectivity index (χ1v) is 7.44. The van der Waals surface area contributed by atoms with Crippen LogP contribution in [0.25, 0.3) is 11.0 Å². The normalized spacial score (nSPS) is 10.8. The van der Waals surface area contributed by atoms with E-state index in [0.717, 1.165) is 22.3 Å². The number of amides is 1. The van der Waals surface area contributed by atoms with E-state index in [1.165, 1.54) is 6.33 Å². The van der Waals surface area contributed by atoms with Crippen LogP contribution in [0, 0.1) is 0 Å². The molecule has 0 fully saturated rings. The molecule has 0 radical (unpaired) electrons.